The number of phenols is 1. The molecule has 18 heavy (non-hydrogen) atoms. The van der Waals surface area contributed by atoms with Crippen LogP contribution >= 0.6 is 0 Å². The summed E-state index contributed by atoms with van der Waals surface area (Å²) in [5.74, 6) is -1.00. The number of hydrogen-bond acceptors (Lipinski definition) is 3. The fourth-order valence-electron chi connectivity index (χ4n) is 1.57. The van der Waals surface area contributed by atoms with Crippen LogP contribution in [0.5, 0.6) is 11.5 Å². The average Bonchev–Trinajstić information content (AvgIpc) is 2.33. The quantitative estimate of drug-likeness (QED) is 0.654. The van der Waals surface area contributed by atoms with Crippen molar-refractivity contribution in [3.05, 3.63) is 48.3 Å². The number of carbonyl (C=O) groups is 1. The third kappa shape index (κ3) is 2.66. The van der Waals surface area contributed by atoms with Crippen molar-refractivity contribution in [1.82, 2.24) is 0 Å². The lowest BCUT2D eigenvalue weighted by molar-refractivity contribution is -0.131. The molecule has 0 spiro atoms. The van der Waals surface area contributed by atoms with E-state index >= 15 is 0 Å². The van der Waals surface area contributed by atoms with Crippen molar-refractivity contribution in [2.24, 2.45) is 0 Å². The molecule has 0 fully saturated rings. The molecule has 2 aromatic carbocycles. The Kier molecular flexibility index (Phi) is 3.28. The Balaban J connectivity index is 2.28. The second-order valence-electron chi connectivity index (χ2n) is 3.78. The van der Waals surface area contributed by atoms with Gasteiger partial charge in [-0.1, -0.05) is 18.2 Å². The van der Waals surface area contributed by atoms with E-state index in [0.717, 1.165) is 5.56 Å². The van der Waals surface area contributed by atoms with Gasteiger partial charge in [0.15, 0.2) is 11.6 Å². The van der Waals surface area contributed by atoms with Crippen LogP contribution < -0.4 is 4.74 Å². The molecule has 0 saturated carbocycles. The third-order valence-corrected chi connectivity index (χ3v) is 2.40. The van der Waals surface area contributed by atoms with Crippen LogP contribution in [-0.2, 0) is 4.79 Å². The summed E-state index contributed by atoms with van der Waals surface area (Å²) >= 11 is 0. The van der Waals surface area contributed by atoms with Crippen LogP contribution in [0.25, 0.3) is 11.1 Å². The van der Waals surface area contributed by atoms with E-state index in [1.165, 1.54) is 19.1 Å². The summed E-state index contributed by atoms with van der Waals surface area (Å²) < 4.78 is 18.1. The maximum Gasteiger partial charge on any atom is 0.308 e. The van der Waals surface area contributed by atoms with Gasteiger partial charge in [0.2, 0.25) is 0 Å². The van der Waals surface area contributed by atoms with Crippen LogP contribution in [0.2, 0.25) is 0 Å². The smallest absolute Gasteiger partial charge is 0.308 e. The minimum atomic E-state index is -0.670. The zero-order valence-electron chi connectivity index (χ0n) is 9.68. The molecule has 0 aliphatic carbocycles. The zero-order valence-corrected chi connectivity index (χ0v) is 9.68. The predicted molar refractivity (Wildman–Crippen MR) is 64.8 cm³/mol. The molecule has 0 saturated heterocycles. The maximum atomic E-state index is 13.2. The number of hydrogen-bond donors (Lipinski definition) is 1. The van der Waals surface area contributed by atoms with Gasteiger partial charge in [-0.25, -0.2) is 4.39 Å². The summed E-state index contributed by atoms with van der Waals surface area (Å²) in [5.41, 5.74) is 1.41. The van der Waals surface area contributed by atoms with Crippen LogP contribution in [0.3, 0.4) is 0 Å². The Morgan fingerprint density at radius 3 is 2.28 bits per heavy atom. The molecule has 92 valence electrons. The van der Waals surface area contributed by atoms with E-state index in [2.05, 4.69) is 0 Å². The summed E-state index contributed by atoms with van der Waals surface area (Å²) in [6.07, 6.45) is 0. The fraction of sp³-hybridized carbons (Fsp3) is 0.0714. The van der Waals surface area contributed by atoms with Crippen molar-refractivity contribution in [1.29, 1.82) is 0 Å². The highest BCUT2D eigenvalue weighted by Crippen LogP contribution is 2.26. The standard InChI is InChI=1S/C14H11FO3/c1-9(16)18-12-5-2-10(3-6-12)11-4-7-14(17)13(15)8-11/h2-8,17H,1H3. The Bertz CT molecular complexity index is 576. The highest BCUT2D eigenvalue weighted by Gasteiger charge is 2.04. The zero-order chi connectivity index (χ0) is 13.1. The summed E-state index contributed by atoms with van der Waals surface area (Å²) in [6, 6.07) is 10.8. The molecule has 2 aromatic rings. The first-order chi connectivity index (χ1) is 8.56. The van der Waals surface area contributed by atoms with Gasteiger partial charge in [-0.05, 0) is 35.4 Å². The molecule has 1 N–H and O–H groups in total. The molecular weight excluding hydrogens is 235 g/mol. The highest BCUT2D eigenvalue weighted by molar-refractivity contribution is 5.70. The van der Waals surface area contributed by atoms with E-state index in [4.69, 9.17) is 9.84 Å². The third-order valence-electron chi connectivity index (χ3n) is 2.40. The minimum Gasteiger partial charge on any atom is -0.505 e. The van der Waals surface area contributed by atoms with Gasteiger partial charge in [0.25, 0.3) is 0 Å². The molecular formula is C14H11FO3. The molecule has 0 bridgehead atoms. The van der Waals surface area contributed by atoms with E-state index < -0.39 is 11.8 Å². The van der Waals surface area contributed by atoms with Crippen LogP contribution in [-0.4, -0.2) is 11.1 Å². The topological polar surface area (TPSA) is 46.5 Å². The second kappa shape index (κ2) is 4.87. The first-order valence-corrected chi connectivity index (χ1v) is 5.33. The molecule has 2 rings (SSSR count). The minimum absolute atomic E-state index is 0.379. The summed E-state index contributed by atoms with van der Waals surface area (Å²) in [6.45, 7) is 1.32. The van der Waals surface area contributed by atoms with E-state index in [1.807, 2.05) is 0 Å². The molecule has 0 aromatic heterocycles. The van der Waals surface area contributed by atoms with Gasteiger partial charge in [-0.15, -0.1) is 0 Å². The van der Waals surface area contributed by atoms with Gasteiger partial charge in [0.1, 0.15) is 5.75 Å². The van der Waals surface area contributed by atoms with Crippen LogP contribution in [0.15, 0.2) is 42.5 Å². The predicted octanol–water partition coefficient (Wildman–Crippen LogP) is 3.12. The molecule has 0 aliphatic rings. The summed E-state index contributed by atoms with van der Waals surface area (Å²) in [7, 11) is 0. The van der Waals surface area contributed by atoms with Crippen LogP contribution in [0.4, 0.5) is 4.39 Å². The summed E-state index contributed by atoms with van der Waals surface area (Å²) in [5, 5.41) is 9.10. The number of rotatable bonds is 2. The number of phenolic OH excluding ortho intramolecular Hbond substituents is 1. The van der Waals surface area contributed by atoms with Gasteiger partial charge >= 0.3 is 5.97 Å². The van der Waals surface area contributed by atoms with Crippen LogP contribution in [0, 0.1) is 5.82 Å². The number of esters is 1. The fourth-order valence-corrected chi connectivity index (χ4v) is 1.57. The average molecular weight is 246 g/mol. The molecule has 0 radical (unpaired) electrons. The Morgan fingerprint density at radius 1 is 1.11 bits per heavy atom. The van der Waals surface area contributed by atoms with Gasteiger partial charge in [0.05, 0.1) is 0 Å². The maximum absolute atomic E-state index is 13.2. The molecule has 0 heterocycles. The van der Waals surface area contributed by atoms with Crippen LogP contribution in [0.1, 0.15) is 6.92 Å². The normalized spacial score (nSPS) is 10.1. The lowest BCUT2D eigenvalue weighted by atomic mass is 10.1. The van der Waals surface area contributed by atoms with Crippen molar-refractivity contribution >= 4 is 5.97 Å². The molecule has 0 atom stereocenters. The van der Waals surface area contributed by atoms with E-state index in [-0.39, 0.29) is 5.75 Å². The molecule has 4 heteroatoms. The van der Waals surface area contributed by atoms with Crippen molar-refractivity contribution < 1.29 is 19.0 Å². The number of halogens is 1. The van der Waals surface area contributed by atoms with Crippen molar-refractivity contribution in [2.45, 2.75) is 6.92 Å². The van der Waals surface area contributed by atoms with Crippen molar-refractivity contribution in [3.63, 3.8) is 0 Å². The molecule has 3 nitrogen and oxygen atoms in total. The van der Waals surface area contributed by atoms with E-state index in [0.29, 0.717) is 11.3 Å². The van der Waals surface area contributed by atoms with Crippen molar-refractivity contribution in [3.8, 4) is 22.6 Å². The van der Waals surface area contributed by atoms with Gasteiger partial charge in [-0.2, -0.15) is 0 Å². The van der Waals surface area contributed by atoms with Crippen molar-refractivity contribution in [2.75, 3.05) is 0 Å². The largest absolute Gasteiger partial charge is 0.505 e. The Hall–Kier alpha value is -2.36. The Labute approximate surface area is 103 Å². The SMILES string of the molecule is CC(=O)Oc1ccc(-c2ccc(O)c(F)c2)cc1. The molecule has 0 unspecified atom stereocenters. The first-order valence-electron chi connectivity index (χ1n) is 5.33. The van der Waals surface area contributed by atoms with Gasteiger partial charge < -0.3 is 9.84 Å². The second-order valence-corrected chi connectivity index (χ2v) is 3.78. The van der Waals surface area contributed by atoms with E-state index in [9.17, 15) is 9.18 Å². The van der Waals surface area contributed by atoms with Gasteiger partial charge in [0, 0.05) is 6.92 Å². The lowest BCUT2D eigenvalue weighted by Crippen LogP contribution is -2.00. The highest BCUT2D eigenvalue weighted by atomic mass is 19.1. The molecule has 0 aliphatic heterocycles. The number of benzene rings is 2. The monoisotopic (exact) mass is 246 g/mol. The summed E-state index contributed by atoms with van der Waals surface area (Å²) in [4.78, 5) is 10.8. The lowest BCUT2D eigenvalue weighted by Gasteiger charge is -2.05. The number of ether oxygens (including phenoxy) is 1. The number of aromatic hydroxyl groups is 1. The van der Waals surface area contributed by atoms with E-state index in [1.54, 1.807) is 30.3 Å². The Morgan fingerprint density at radius 2 is 1.72 bits per heavy atom. The first kappa shape index (κ1) is 12.1. The molecule has 0 amide bonds. The number of carbonyl (C=O) groups excluding carboxylic acids is 1. The van der Waals surface area contributed by atoms with Gasteiger partial charge in [-0.3, -0.25) is 4.79 Å².